The highest BCUT2D eigenvalue weighted by atomic mass is 16.5. The maximum absolute atomic E-state index is 12.2. The predicted octanol–water partition coefficient (Wildman–Crippen LogP) is 0.575. The molecule has 0 saturated carbocycles. The van der Waals surface area contributed by atoms with Crippen molar-refractivity contribution in [3.63, 3.8) is 0 Å². The minimum Gasteiger partial charge on any atom is -0.383 e. The first-order valence-corrected chi connectivity index (χ1v) is 5.31. The fourth-order valence-electron chi connectivity index (χ4n) is 1.51. The quantitative estimate of drug-likeness (QED) is 0.710. The number of nitrogens with one attached hydrogen (secondary N) is 1. The van der Waals surface area contributed by atoms with Crippen molar-refractivity contribution in [1.29, 1.82) is 0 Å². The third kappa shape index (κ3) is 3.07. The van der Waals surface area contributed by atoms with Gasteiger partial charge in [-0.3, -0.25) is 9.89 Å². The summed E-state index contributed by atoms with van der Waals surface area (Å²) in [6, 6.07) is 0. The van der Waals surface area contributed by atoms with Crippen molar-refractivity contribution < 1.29 is 9.53 Å². The van der Waals surface area contributed by atoms with Gasteiger partial charge in [0.05, 0.1) is 6.61 Å². The number of rotatable bonds is 6. The molecule has 1 aromatic rings. The molecule has 0 bridgehead atoms. The van der Waals surface area contributed by atoms with Crippen LogP contribution < -0.4 is 5.73 Å². The highest BCUT2D eigenvalue weighted by Gasteiger charge is 2.21. The van der Waals surface area contributed by atoms with Gasteiger partial charge in [-0.05, 0) is 6.92 Å². The number of nitrogens with two attached hydrogens (primary N) is 1. The largest absolute Gasteiger partial charge is 0.383 e. The van der Waals surface area contributed by atoms with Crippen LogP contribution in [0.3, 0.4) is 0 Å². The van der Waals surface area contributed by atoms with Crippen molar-refractivity contribution >= 4 is 11.7 Å². The molecule has 6 nitrogen and oxygen atoms in total. The number of amides is 1. The normalized spacial score (nSPS) is 10.2. The smallest absolute Gasteiger partial charge is 0.259 e. The summed E-state index contributed by atoms with van der Waals surface area (Å²) in [5.41, 5.74) is 6.74. The second-order valence-corrected chi connectivity index (χ2v) is 3.64. The topological polar surface area (TPSA) is 84.2 Å². The Labute approximate surface area is 100 Å². The van der Waals surface area contributed by atoms with E-state index >= 15 is 0 Å². The number of aromatic amines is 1. The van der Waals surface area contributed by atoms with Gasteiger partial charge in [0.2, 0.25) is 0 Å². The molecule has 0 saturated heterocycles. The Morgan fingerprint density at radius 1 is 1.71 bits per heavy atom. The van der Waals surface area contributed by atoms with Crippen molar-refractivity contribution in [2.24, 2.45) is 0 Å². The van der Waals surface area contributed by atoms with E-state index in [-0.39, 0.29) is 11.7 Å². The van der Waals surface area contributed by atoms with E-state index in [0.29, 0.717) is 31.0 Å². The van der Waals surface area contributed by atoms with E-state index in [1.54, 1.807) is 25.0 Å². The molecule has 1 amide bonds. The molecular formula is C11H18N4O2. The monoisotopic (exact) mass is 238 g/mol. The minimum atomic E-state index is -0.161. The van der Waals surface area contributed by atoms with Crippen LogP contribution in [-0.4, -0.2) is 47.8 Å². The molecule has 0 aliphatic rings. The van der Waals surface area contributed by atoms with E-state index < -0.39 is 0 Å². The second-order valence-electron chi connectivity index (χ2n) is 3.64. The van der Waals surface area contributed by atoms with Crippen LogP contribution in [0, 0.1) is 6.92 Å². The lowest BCUT2D eigenvalue weighted by Crippen LogP contribution is -2.34. The van der Waals surface area contributed by atoms with Gasteiger partial charge < -0.3 is 15.4 Å². The van der Waals surface area contributed by atoms with Gasteiger partial charge in [-0.15, -0.1) is 6.58 Å². The Bertz CT molecular complexity index is 381. The highest BCUT2D eigenvalue weighted by Crippen LogP contribution is 2.15. The molecule has 0 spiro atoms. The average molecular weight is 238 g/mol. The number of carbonyl (C=O) groups excluding carboxylic acids is 1. The van der Waals surface area contributed by atoms with Crippen LogP contribution in [0.25, 0.3) is 0 Å². The number of ether oxygens (including phenoxy) is 1. The van der Waals surface area contributed by atoms with Crippen LogP contribution in [0.2, 0.25) is 0 Å². The fourth-order valence-corrected chi connectivity index (χ4v) is 1.51. The zero-order chi connectivity index (χ0) is 12.8. The molecule has 0 radical (unpaired) electrons. The molecule has 3 N–H and O–H groups in total. The summed E-state index contributed by atoms with van der Waals surface area (Å²) in [6.07, 6.45) is 1.67. The molecule has 0 aliphatic heterocycles. The van der Waals surface area contributed by atoms with Crippen molar-refractivity contribution in [3.05, 3.63) is 23.9 Å². The summed E-state index contributed by atoms with van der Waals surface area (Å²) in [5.74, 6) is 0.0599. The van der Waals surface area contributed by atoms with Gasteiger partial charge >= 0.3 is 0 Å². The first kappa shape index (κ1) is 13.2. The first-order chi connectivity index (χ1) is 8.11. The molecular weight excluding hydrogens is 220 g/mol. The van der Waals surface area contributed by atoms with Gasteiger partial charge in [-0.25, -0.2) is 0 Å². The standard InChI is InChI=1S/C11H18N4O2/c1-4-5-15(6-7-17-3)11(16)9-8(2)13-14-10(9)12/h4H,1,5-7H2,2-3H3,(H3,12,13,14). The number of carbonyl (C=O) groups is 1. The second kappa shape index (κ2) is 6.05. The van der Waals surface area contributed by atoms with Gasteiger partial charge in [0.15, 0.2) is 5.82 Å². The van der Waals surface area contributed by atoms with E-state index in [0.717, 1.165) is 0 Å². The Hall–Kier alpha value is -1.82. The maximum Gasteiger partial charge on any atom is 0.259 e. The van der Waals surface area contributed by atoms with Crippen LogP contribution in [0.4, 0.5) is 5.82 Å². The summed E-state index contributed by atoms with van der Waals surface area (Å²) in [7, 11) is 1.59. The number of anilines is 1. The molecule has 17 heavy (non-hydrogen) atoms. The van der Waals surface area contributed by atoms with Crippen molar-refractivity contribution in [1.82, 2.24) is 15.1 Å². The molecule has 1 aromatic heterocycles. The van der Waals surface area contributed by atoms with Gasteiger partial charge in [0, 0.05) is 25.9 Å². The molecule has 1 heterocycles. The summed E-state index contributed by atoms with van der Waals surface area (Å²) >= 11 is 0. The van der Waals surface area contributed by atoms with Gasteiger partial charge in [-0.2, -0.15) is 5.10 Å². The zero-order valence-electron chi connectivity index (χ0n) is 10.2. The number of H-pyrrole nitrogens is 1. The molecule has 0 aromatic carbocycles. The van der Waals surface area contributed by atoms with E-state index in [9.17, 15) is 4.79 Å². The molecule has 0 atom stereocenters. The first-order valence-electron chi connectivity index (χ1n) is 5.31. The van der Waals surface area contributed by atoms with E-state index in [1.165, 1.54) is 0 Å². The van der Waals surface area contributed by atoms with Crippen LogP contribution in [0.1, 0.15) is 16.1 Å². The number of aromatic nitrogens is 2. The molecule has 6 heteroatoms. The van der Waals surface area contributed by atoms with Crippen LogP contribution >= 0.6 is 0 Å². The Morgan fingerprint density at radius 3 is 2.88 bits per heavy atom. The van der Waals surface area contributed by atoms with Gasteiger partial charge in [-0.1, -0.05) is 6.08 Å². The number of hydrogen-bond acceptors (Lipinski definition) is 4. The average Bonchev–Trinajstić information content (AvgIpc) is 2.63. The fraction of sp³-hybridized carbons (Fsp3) is 0.455. The zero-order valence-corrected chi connectivity index (χ0v) is 10.2. The summed E-state index contributed by atoms with van der Waals surface area (Å²) in [4.78, 5) is 13.8. The third-order valence-electron chi connectivity index (χ3n) is 2.39. The van der Waals surface area contributed by atoms with Crippen molar-refractivity contribution in [2.45, 2.75) is 6.92 Å². The Morgan fingerprint density at radius 2 is 2.41 bits per heavy atom. The third-order valence-corrected chi connectivity index (χ3v) is 2.39. The summed E-state index contributed by atoms with van der Waals surface area (Å²) in [5, 5.41) is 6.50. The van der Waals surface area contributed by atoms with Gasteiger partial charge in [0.25, 0.3) is 5.91 Å². The van der Waals surface area contributed by atoms with Crippen molar-refractivity contribution in [2.75, 3.05) is 32.5 Å². The van der Waals surface area contributed by atoms with Gasteiger partial charge in [0.1, 0.15) is 5.56 Å². The summed E-state index contributed by atoms with van der Waals surface area (Å²) in [6.45, 7) is 6.80. The van der Waals surface area contributed by atoms with Crippen LogP contribution in [0.5, 0.6) is 0 Å². The number of nitrogens with zero attached hydrogens (tertiary/aromatic N) is 2. The highest BCUT2D eigenvalue weighted by molar-refractivity contribution is 5.99. The Balaban J connectivity index is 2.87. The minimum absolute atomic E-state index is 0.161. The molecule has 0 unspecified atom stereocenters. The lowest BCUT2D eigenvalue weighted by Gasteiger charge is -2.20. The number of hydrogen-bond donors (Lipinski definition) is 2. The molecule has 0 fully saturated rings. The lowest BCUT2D eigenvalue weighted by molar-refractivity contribution is 0.0718. The molecule has 0 aliphatic carbocycles. The van der Waals surface area contributed by atoms with Crippen LogP contribution in [-0.2, 0) is 4.74 Å². The predicted molar refractivity (Wildman–Crippen MR) is 65.7 cm³/mol. The SMILES string of the molecule is C=CCN(CCOC)C(=O)c1c(N)n[nH]c1C. The van der Waals surface area contributed by atoms with E-state index in [4.69, 9.17) is 10.5 Å². The van der Waals surface area contributed by atoms with E-state index in [2.05, 4.69) is 16.8 Å². The number of nitrogen functional groups attached to an aromatic ring is 1. The van der Waals surface area contributed by atoms with Crippen LogP contribution in [0.15, 0.2) is 12.7 Å². The molecule has 94 valence electrons. The lowest BCUT2D eigenvalue weighted by atomic mass is 10.2. The maximum atomic E-state index is 12.2. The summed E-state index contributed by atoms with van der Waals surface area (Å²) < 4.78 is 4.96. The van der Waals surface area contributed by atoms with E-state index in [1.807, 2.05) is 0 Å². The Kier molecular flexibility index (Phi) is 4.71. The number of aryl methyl sites for hydroxylation is 1. The van der Waals surface area contributed by atoms with Crippen molar-refractivity contribution in [3.8, 4) is 0 Å². The number of methoxy groups -OCH3 is 1. The molecule has 1 rings (SSSR count).